The highest BCUT2D eigenvalue weighted by Gasteiger charge is 2.34. The lowest BCUT2D eigenvalue weighted by atomic mass is 9.83. The third-order valence-electron chi connectivity index (χ3n) is 5.79. The number of hydrogen-bond donors (Lipinski definition) is 1. The first-order valence-electron chi connectivity index (χ1n) is 10.4. The Kier molecular flexibility index (Phi) is 7.34. The lowest BCUT2D eigenvalue weighted by Gasteiger charge is -2.19. The first-order valence-corrected chi connectivity index (χ1v) is 10.4. The lowest BCUT2D eigenvalue weighted by molar-refractivity contribution is -0.127. The van der Waals surface area contributed by atoms with Crippen molar-refractivity contribution in [1.29, 1.82) is 0 Å². The first kappa shape index (κ1) is 21.0. The first-order chi connectivity index (χ1) is 14.0. The number of rotatable bonds is 10. The number of aromatic hydroxyl groups is 1. The maximum Gasteiger partial charge on any atom is 0.143 e. The van der Waals surface area contributed by atoms with Crippen LogP contribution in [0.2, 0.25) is 0 Å². The highest BCUT2D eigenvalue weighted by atomic mass is 16.3. The molecule has 0 heterocycles. The molecule has 4 nitrogen and oxygen atoms in total. The SMILES string of the molecule is O=C(CCCc1cccc(O)c1)CCC(CC1C(=O)CCC1=O)c1ccccc1. The van der Waals surface area contributed by atoms with E-state index in [0.717, 1.165) is 24.0 Å². The molecule has 1 aliphatic carbocycles. The van der Waals surface area contributed by atoms with Gasteiger partial charge in [0.1, 0.15) is 23.1 Å². The molecule has 1 aliphatic rings. The van der Waals surface area contributed by atoms with E-state index >= 15 is 0 Å². The largest absolute Gasteiger partial charge is 0.508 e. The summed E-state index contributed by atoms with van der Waals surface area (Å²) in [5.41, 5.74) is 2.12. The zero-order valence-electron chi connectivity index (χ0n) is 16.7. The van der Waals surface area contributed by atoms with Gasteiger partial charge < -0.3 is 5.11 Å². The molecule has 0 saturated heterocycles. The minimum absolute atomic E-state index is 0.0437. The van der Waals surface area contributed by atoms with Gasteiger partial charge in [-0.1, -0.05) is 42.5 Å². The van der Waals surface area contributed by atoms with Gasteiger partial charge in [-0.25, -0.2) is 0 Å². The summed E-state index contributed by atoms with van der Waals surface area (Å²) < 4.78 is 0. The molecule has 152 valence electrons. The molecule has 29 heavy (non-hydrogen) atoms. The number of Topliss-reactive ketones (excluding diaryl/α,β-unsaturated/α-hetero) is 3. The van der Waals surface area contributed by atoms with E-state index in [1.54, 1.807) is 12.1 Å². The Hall–Kier alpha value is -2.75. The summed E-state index contributed by atoms with van der Waals surface area (Å²) in [6.07, 6.45) is 4.35. The summed E-state index contributed by atoms with van der Waals surface area (Å²) in [4.78, 5) is 36.6. The van der Waals surface area contributed by atoms with Crippen LogP contribution in [-0.4, -0.2) is 22.5 Å². The third-order valence-corrected chi connectivity index (χ3v) is 5.79. The zero-order chi connectivity index (χ0) is 20.6. The van der Waals surface area contributed by atoms with E-state index in [1.807, 2.05) is 42.5 Å². The molecule has 0 bridgehead atoms. The van der Waals surface area contributed by atoms with Crippen LogP contribution in [0.25, 0.3) is 0 Å². The summed E-state index contributed by atoms with van der Waals surface area (Å²) in [7, 11) is 0. The van der Waals surface area contributed by atoms with Crippen LogP contribution in [0.1, 0.15) is 62.0 Å². The molecule has 1 N–H and O–H groups in total. The molecule has 2 aromatic rings. The van der Waals surface area contributed by atoms with Crippen LogP contribution in [0.4, 0.5) is 0 Å². The Morgan fingerprint density at radius 1 is 0.966 bits per heavy atom. The van der Waals surface area contributed by atoms with Crippen molar-refractivity contribution in [2.75, 3.05) is 0 Å². The number of aryl methyl sites for hydroxylation is 1. The minimum Gasteiger partial charge on any atom is -0.508 e. The van der Waals surface area contributed by atoms with Gasteiger partial charge in [0.05, 0.1) is 5.92 Å². The van der Waals surface area contributed by atoms with Gasteiger partial charge in [-0.05, 0) is 54.9 Å². The summed E-state index contributed by atoms with van der Waals surface area (Å²) in [5, 5.41) is 9.51. The van der Waals surface area contributed by atoms with E-state index in [2.05, 4.69) is 0 Å². The number of phenols is 1. The summed E-state index contributed by atoms with van der Waals surface area (Å²) in [6.45, 7) is 0. The van der Waals surface area contributed by atoms with Crippen molar-refractivity contribution in [2.24, 2.45) is 5.92 Å². The van der Waals surface area contributed by atoms with Crippen LogP contribution in [-0.2, 0) is 20.8 Å². The van der Waals surface area contributed by atoms with Crippen molar-refractivity contribution < 1.29 is 19.5 Å². The smallest absolute Gasteiger partial charge is 0.143 e. The van der Waals surface area contributed by atoms with E-state index in [-0.39, 0.29) is 29.0 Å². The second kappa shape index (κ2) is 10.1. The van der Waals surface area contributed by atoms with Crippen LogP contribution in [0.15, 0.2) is 54.6 Å². The van der Waals surface area contributed by atoms with Crippen LogP contribution in [0.3, 0.4) is 0 Å². The van der Waals surface area contributed by atoms with Gasteiger partial charge in [-0.3, -0.25) is 14.4 Å². The molecule has 0 radical (unpaired) electrons. The van der Waals surface area contributed by atoms with E-state index in [1.165, 1.54) is 0 Å². The standard InChI is InChI=1S/C25H28O4/c26-21(10-4-6-18-7-5-11-22(27)16-18)13-12-20(19-8-2-1-3-9-19)17-23-24(28)14-15-25(23)29/h1-3,5,7-9,11,16,20,23,27H,4,6,10,12-15,17H2. The monoisotopic (exact) mass is 392 g/mol. The molecule has 2 aromatic carbocycles. The van der Waals surface area contributed by atoms with Crippen molar-refractivity contribution in [3.8, 4) is 5.75 Å². The van der Waals surface area contributed by atoms with Crippen LogP contribution in [0, 0.1) is 5.92 Å². The van der Waals surface area contributed by atoms with Crippen molar-refractivity contribution in [3.63, 3.8) is 0 Å². The summed E-state index contributed by atoms with van der Waals surface area (Å²) in [5.74, 6) is 0.0933. The van der Waals surface area contributed by atoms with Gasteiger partial charge in [0.25, 0.3) is 0 Å². The predicted octanol–water partition coefficient (Wildman–Crippen LogP) is 4.79. The Balaban J connectivity index is 1.53. The molecule has 3 rings (SSSR count). The highest BCUT2D eigenvalue weighted by Crippen LogP contribution is 2.33. The van der Waals surface area contributed by atoms with E-state index in [4.69, 9.17) is 0 Å². The Morgan fingerprint density at radius 2 is 1.69 bits per heavy atom. The fourth-order valence-electron chi connectivity index (χ4n) is 4.13. The van der Waals surface area contributed by atoms with Crippen molar-refractivity contribution in [1.82, 2.24) is 0 Å². The molecular formula is C25H28O4. The highest BCUT2D eigenvalue weighted by molar-refractivity contribution is 6.08. The topological polar surface area (TPSA) is 71.4 Å². The Labute approximate surface area is 172 Å². The molecule has 4 heteroatoms. The minimum atomic E-state index is -0.499. The zero-order valence-corrected chi connectivity index (χ0v) is 16.7. The number of hydrogen-bond acceptors (Lipinski definition) is 4. The normalized spacial score (nSPS) is 15.6. The van der Waals surface area contributed by atoms with Gasteiger partial charge in [0.15, 0.2) is 0 Å². The average Bonchev–Trinajstić information content (AvgIpc) is 3.03. The van der Waals surface area contributed by atoms with Gasteiger partial charge in [0.2, 0.25) is 0 Å². The number of benzene rings is 2. The molecule has 1 unspecified atom stereocenters. The van der Waals surface area contributed by atoms with E-state index < -0.39 is 5.92 Å². The Morgan fingerprint density at radius 3 is 2.38 bits per heavy atom. The van der Waals surface area contributed by atoms with Crippen molar-refractivity contribution in [2.45, 2.75) is 57.3 Å². The molecule has 1 atom stereocenters. The van der Waals surface area contributed by atoms with Crippen molar-refractivity contribution >= 4 is 17.3 Å². The van der Waals surface area contributed by atoms with Crippen LogP contribution >= 0.6 is 0 Å². The Bertz CT molecular complexity index is 840. The maximum absolute atomic E-state index is 12.4. The van der Waals surface area contributed by atoms with Gasteiger partial charge in [0, 0.05) is 25.7 Å². The molecule has 0 aliphatic heterocycles. The van der Waals surface area contributed by atoms with Crippen LogP contribution in [0.5, 0.6) is 5.75 Å². The van der Waals surface area contributed by atoms with Gasteiger partial charge >= 0.3 is 0 Å². The quantitative estimate of drug-likeness (QED) is 0.590. The fourth-order valence-corrected chi connectivity index (χ4v) is 4.13. The number of phenolic OH excluding ortho intramolecular Hbond substituents is 1. The molecular weight excluding hydrogens is 364 g/mol. The molecule has 1 fully saturated rings. The summed E-state index contributed by atoms with van der Waals surface area (Å²) in [6, 6.07) is 17.0. The second-order valence-electron chi connectivity index (χ2n) is 7.93. The number of carbonyl (C=O) groups excluding carboxylic acids is 3. The maximum atomic E-state index is 12.4. The average molecular weight is 392 g/mol. The predicted molar refractivity (Wildman–Crippen MR) is 112 cm³/mol. The second-order valence-corrected chi connectivity index (χ2v) is 7.93. The molecule has 1 saturated carbocycles. The van der Waals surface area contributed by atoms with E-state index in [9.17, 15) is 19.5 Å². The molecule has 0 amide bonds. The number of ketones is 3. The summed E-state index contributed by atoms with van der Waals surface area (Å²) >= 11 is 0. The van der Waals surface area contributed by atoms with Crippen molar-refractivity contribution in [3.05, 3.63) is 65.7 Å². The molecule has 0 spiro atoms. The molecule has 0 aromatic heterocycles. The lowest BCUT2D eigenvalue weighted by Crippen LogP contribution is -2.18. The fraction of sp³-hybridized carbons (Fsp3) is 0.400. The van der Waals surface area contributed by atoms with E-state index in [0.29, 0.717) is 38.5 Å². The van der Waals surface area contributed by atoms with Gasteiger partial charge in [-0.2, -0.15) is 0 Å². The van der Waals surface area contributed by atoms with Crippen LogP contribution < -0.4 is 0 Å². The van der Waals surface area contributed by atoms with Gasteiger partial charge in [-0.15, -0.1) is 0 Å². The number of carbonyl (C=O) groups is 3. The third kappa shape index (κ3) is 6.11.